The molecule has 0 bridgehead atoms. The summed E-state index contributed by atoms with van der Waals surface area (Å²) in [4.78, 5) is 11.1. The number of anilines is 1. The molecule has 3 aromatic rings. The summed E-state index contributed by atoms with van der Waals surface area (Å²) in [5, 5.41) is 0.434. The molecular formula is C21H24N2O7S2. The average Bonchev–Trinajstić information content (AvgIpc) is 2.75. The van der Waals surface area contributed by atoms with Gasteiger partial charge in [-0.15, -0.1) is 0 Å². The van der Waals surface area contributed by atoms with E-state index >= 15 is 0 Å². The molecule has 0 saturated carbocycles. The average molecular weight is 481 g/mol. The Bertz CT molecular complexity index is 1390. The fourth-order valence-electron chi connectivity index (χ4n) is 3.18. The highest BCUT2D eigenvalue weighted by Crippen LogP contribution is 2.31. The number of nitrogens with zero attached hydrogens (tertiary/aromatic N) is 1. The van der Waals surface area contributed by atoms with Crippen LogP contribution in [0.15, 0.2) is 67.5 Å². The molecule has 0 aliphatic carbocycles. The van der Waals surface area contributed by atoms with Gasteiger partial charge in [-0.25, -0.2) is 21.6 Å². The van der Waals surface area contributed by atoms with Gasteiger partial charge in [0.2, 0.25) is 10.0 Å². The van der Waals surface area contributed by atoms with Crippen LogP contribution in [0.5, 0.6) is 5.75 Å². The van der Waals surface area contributed by atoms with E-state index in [-0.39, 0.29) is 46.5 Å². The van der Waals surface area contributed by atoms with Crippen LogP contribution >= 0.6 is 0 Å². The Balaban J connectivity index is 2.03. The zero-order valence-corrected chi connectivity index (χ0v) is 19.5. The van der Waals surface area contributed by atoms with Crippen LogP contribution in [0.2, 0.25) is 0 Å². The number of rotatable bonds is 9. The van der Waals surface area contributed by atoms with Gasteiger partial charge >= 0.3 is 5.63 Å². The zero-order valence-electron chi connectivity index (χ0n) is 17.9. The molecule has 0 aliphatic rings. The highest BCUT2D eigenvalue weighted by Gasteiger charge is 2.27. The van der Waals surface area contributed by atoms with Gasteiger partial charge in [-0.2, -0.15) is 4.31 Å². The monoisotopic (exact) mass is 480 g/mol. The molecule has 0 fully saturated rings. The van der Waals surface area contributed by atoms with Crippen molar-refractivity contribution in [1.29, 1.82) is 0 Å². The van der Waals surface area contributed by atoms with Crippen LogP contribution in [0.4, 0.5) is 5.69 Å². The summed E-state index contributed by atoms with van der Waals surface area (Å²) in [5.74, 6) is 0.142. The van der Waals surface area contributed by atoms with E-state index in [1.165, 1.54) is 52.8 Å². The third kappa shape index (κ3) is 4.79. The minimum atomic E-state index is -4.05. The highest BCUT2D eigenvalue weighted by molar-refractivity contribution is 7.92. The van der Waals surface area contributed by atoms with Gasteiger partial charge in [-0.3, -0.25) is 4.72 Å². The maximum absolute atomic E-state index is 13.1. The van der Waals surface area contributed by atoms with Crippen LogP contribution in [-0.2, 0) is 20.0 Å². The van der Waals surface area contributed by atoms with E-state index in [4.69, 9.17) is 9.15 Å². The standard InChI is InChI=1S/C21H24N2O7S2/c1-4-23(5-2)32(27,28)20-14-16(8-10-19(20)29-6-3)22-31(25,26)17-9-11-18-15(13-17)7-12-21(24)30-18/h7-14,22H,4-6H2,1-3H3. The number of benzene rings is 2. The molecule has 11 heteroatoms. The highest BCUT2D eigenvalue weighted by atomic mass is 32.2. The number of sulfonamides is 2. The van der Waals surface area contributed by atoms with Gasteiger partial charge in [0.1, 0.15) is 16.2 Å². The van der Waals surface area contributed by atoms with Gasteiger partial charge in [0, 0.05) is 24.5 Å². The fourth-order valence-corrected chi connectivity index (χ4v) is 5.88. The predicted octanol–water partition coefficient (Wildman–Crippen LogP) is 3.02. The summed E-state index contributed by atoms with van der Waals surface area (Å²) >= 11 is 0. The molecule has 0 radical (unpaired) electrons. The van der Waals surface area contributed by atoms with Crippen LogP contribution in [0, 0.1) is 0 Å². The van der Waals surface area contributed by atoms with Crippen LogP contribution in [0.1, 0.15) is 20.8 Å². The second-order valence-corrected chi connectivity index (χ2v) is 10.3. The lowest BCUT2D eigenvalue weighted by Gasteiger charge is -2.21. The van der Waals surface area contributed by atoms with Crippen LogP contribution in [-0.4, -0.2) is 40.8 Å². The summed E-state index contributed by atoms with van der Waals surface area (Å²) in [6.45, 7) is 5.93. The van der Waals surface area contributed by atoms with Crippen molar-refractivity contribution in [3.63, 3.8) is 0 Å². The molecule has 32 heavy (non-hydrogen) atoms. The van der Waals surface area contributed by atoms with E-state index in [0.717, 1.165) is 0 Å². The largest absolute Gasteiger partial charge is 0.492 e. The molecule has 3 rings (SSSR count). The molecule has 0 saturated heterocycles. The third-order valence-corrected chi connectivity index (χ3v) is 8.17. The van der Waals surface area contributed by atoms with Crippen molar-refractivity contribution in [1.82, 2.24) is 4.31 Å². The SMILES string of the molecule is CCOc1ccc(NS(=O)(=O)c2ccc3oc(=O)ccc3c2)cc1S(=O)(=O)N(CC)CC. The Morgan fingerprint density at radius 2 is 1.66 bits per heavy atom. The maximum atomic E-state index is 13.1. The molecule has 0 aliphatic heterocycles. The van der Waals surface area contributed by atoms with Gasteiger partial charge in [0.15, 0.2) is 0 Å². The van der Waals surface area contributed by atoms with E-state index in [0.29, 0.717) is 5.39 Å². The lowest BCUT2D eigenvalue weighted by molar-refractivity contribution is 0.329. The second-order valence-electron chi connectivity index (χ2n) is 6.74. The van der Waals surface area contributed by atoms with Crippen molar-refractivity contribution in [3.05, 3.63) is 59.0 Å². The number of fused-ring (bicyclic) bond motifs is 1. The van der Waals surface area contributed by atoms with Crippen molar-refractivity contribution in [2.45, 2.75) is 30.6 Å². The van der Waals surface area contributed by atoms with E-state index < -0.39 is 25.7 Å². The summed E-state index contributed by atoms with van der Waals surface area (Å²) in [5.41, 5.74) is -0.216. The van der Waals surface area contributed by atoms with E-state index in [1.807, 2.05) is 0 Å². The van der Waals surface area contributed by atoms with E-state index in [1.54, 1.807) is 20.8 Å². The predicted molar refractivity (Wildman–Crippen MR) is 121 cm³/mol. The van der Waals surface area contributed by atoms with Gasteiger partial charge in [0.25, 0.3) is 10.0 Å². The van der Waals surface area contributed by atoms with E-state index in [2.05, 4.69) is 4.72 Å². The summed E-state index contributed by atoms with van der Waals surface area (Å²) < 4.78 is 66.2. The minimum Gasteiger partial charge on any atom is -0.492 e. The first kappa shape index (κ1) is 23.8. The number of nitrogens with one attached hydrogen (secondary N) is 1. The van der Waals surface area contributed by atoms with Crippen LogP contribution < -0.4 is 15.1 Å². The Hall–Kier alpha value is -2.89. The van der Waals surface area contributed by atoms with E-state index in [9.17, 15) is 21.6 Å². The normalized spacial score (nSPS) is 12.2. The number of ether oxygens (including phenoxy) is 1. The van der Waals surface area contributed by atoms with Crippen molar-refractivity contribution >= 4 is 36.7 Å². The molecule has 9 nitrogen and oxygen atoms in total. The van der Waals surface area contributed by atoms with Crippen LogP contribution in [0.25, 0.3) is 11.0 Å². The Labute approximate surface area is 186 Å². The number of hydrogen-bond donors (Lipinski definition) is 1. The van der Waals surface area contributed by atoms with Crippen molar-refractivity contribution in [2.75, 3.05) is 24.4 Å². The van der Waals surface area contributed by atoms with Crippen molar-refractivity contribution < 1.29 is 26.0 Å². The molecule has 1 aromatic heterocycles. The molecule has 0 unspecified atom stereocenters. The Kier molecular flexibility index (Phi) is 6.91. The summed E-state index contributed by atoms with van der Waals surface area (Å²) in [6.07, 6.45) is 0. The molecule has 0 amide bonds. The lowest BCUT2D eigenvalue weighted by Crippen LogP contribution is -2.31. The minimum absolute atomic E-state index is 0.0684. The maximum Gasteiger partial charge on any atom is 0.336 e. The molecule has 2 aromatic carbocycles. The molecule has 0 spiro atoms. The lowest BCUT2D eigenvalue weighted by atomic mass is 10.2. The molecule has 172 valence electrons. The summed E-state index contributed by atoms with van der Waals surface area (Å²) in [7, 11) is -7.95. The van der Waals surface area contributed by atoms with Crippen molar-refractivity contribution in [3.8, 4) is 5.75 Å². The van der Waals surface area contributed by atoms with Gasteiger partial charge in [-0.1, -0.05) is 13.8 Å². The van der Waals surface area contributed by atoms with Gasteiger partial charge in [0.05, 0.1) is 17.2 Å². The first-order valence-corrected chi connectivity index (χ1v) is 12.9. The molecule has 1 heterocycles. The summed E-state index contributed by atoms with van der Waals surface area (Å²) in [6, 6.07) is 10.8. The third-order valence-electron chi connectivity index (χ3n) is 4.72. The molecular weight excluding hydrogens is 456 g/mol. The topological polar surface area (TPSA) is 123 Å². The number of hydrogen-bond acceptors (Lipinski definition) is 7. The first-order valence-electron chi connectivity index (χ1n) is 9.96. The van der Waals surface area contributed by atoms with Crippen LogP contribution in [0.3, 0.4) is 0 Å². The second kappa shape index (κ2) is 9.31. The van der Waals surface area contributed by atoms with Crippen molar-refractivity contribution in [2.24, 2.45) is 0 Å². The van der Waals surface area contributed by atoms with Gasteiger partial charge < -0.3 is 9.15 Å². The Morgan fingerprint density at radius 3 is 2.31 bits per heavy atom. The zero-order chi connectivity index (χ0) is 23.5. The Morgan fingerprint density at radius 1 is 0.938 bits per heavy atom. The quantitative estimate of drug-likeness (QED) is 0.467. The fraction of sp³-hybridized carbons (Fsp3) is 0.286. The smallest absolute Gasteiger partial charge is 0.336 e. The molecule has 1 N–H and O–H groups in total. The molecule has 0 atom stereocenters. The first-order chi connectivity index (χ1) is 15.1. The van der Waals surface area contributed by atoms with Gasteiger partial charge in [-0.05, 0) is 49.4 Å².